The first kappa shape index (κ1) is 14.9. The molecule has 18 heavy (non-hydrogen) atoms. The lowest BCUT2D eigenvalue weighted by Crippen LogP contribution is -2.26. The number of aryl methyl sites for hydroxylation is 1. The van der Waals surface area contributed by atoms with Crippen LogP contribution in [-0.4, -0.2) is 24.2 Å². The number of ketones is 1. The van der Waals surface area contributed by atoms with E-state index in [4.69, 9.17) is 0 Å². The third-order valence-electron chi connectivity index (χ3n) is 2.81. The maximum Gasteiger partial charge on any atom is 0.316 e. The van der Waals surface area contributed by atoms with E-state index in [1.165, 1.54) is 12.7 Å². The van der Waals surface area contributed by atoms with Crippen LogP contribution in [0.3, 0.4) is 0 Å². The smallest absolute Gasteiger partial charge is 0.316 e. The number of esters is 1. The molecule has 4 heteroatoms. The number of carbonyl (C=O) groups is 2. The molecule has 0 amide bonds. The number of hydrogen-bond acceptors (Lipinski definition) is 3. The Bertz CT molecular complexity index is 373. The minimum absolute atomic E-state index is 0.116. The molecule has 1 atom stereocenters. The van der Waals surface area contributed by atoms with Gasteiger partial charge in [-0.05, 0) is 24.8 Å². The Balaban J connectivity index is 2.47. The van der Waals surface area contributed by atoms with E-state index in [1.807, 2.05) is 30.3 Å². The summed E-state index contributed by atoms with van der Waals surface area (Å²) < 4.78 is 4.66. The van der Waals surface area contributed by atoms with Crippen LogP contribution in [0, 0.1) is 5.92 Å². The number of benzene rings is 1. The van der Waals surface area contributed by atoms with Gasteiger partial charge in [0.25, 0.3) is 0 Å². The second-order valence-corrected chi connectivity index (χ2v) is 4.61. The Morgan fingerprint density at radius 1 is 1.28 bits per heavy atom. The lowest BCUT2D eigenvalue weighted by atomic mass is 9.96. The van der Waals surface area contributed by atoms with Gasteiger partial charge >= 0.3 is 5.97 Å². The molecule has 98 valence electrons. The van der Waals surface area contributed by atoms with Crippen LogP contribution in [0.4, 0.5) is 0 Å². The van der Waals surface area contributed by atoms with Gasteiger partial charge in [0, 0.05) is 0 Å². The van der Waals surface area contributed by atoms with Crippen LogP contribution in [0.5, 0.6) is 0 Å². The zero-order valence-electron chi connectivity index (χ0n) is 10.4. The van der Waals surface area contributed by atoms with Gasteiger partial charge in [-0.1, -0.05) is 46.3 Å². The molecule has 0 bridgehead atoms. The van der Waals surface area contributed by atoms with Crippen molar-refractivity contribution in [1.29, 1.82) is 0 Å². The predicted octanol–water partition coefficient (Wildman–Crippen LogP) is 2.76. The van der Waals surface area contributed by atoms with Crippen molar-refractivity contribution in [3.63, 3.8) is 0 Å². The average molecular weight is 313 g/mol. The summed E-state index contributed by atoms with van der Waals surface area (Å²) in [6, 6.07) is 10.0. The molecule has 1 aromatic carbocycles. The normalized spacial score (nSPS) is 11.9. The van der Waals surface area contributed by atoms with E-state index in [-0.39, 0.29) is 11.1 Å². The van der Waals surface area contributed by atoms with Crippen LogP contribution in [0.25, 0.3) is 0 Å². The summed E-state index contributed by atoms with van der Waals surface area (Å²) in [6.07, 6.45) is 2.19. The molecule has 0 radical (unpaired) electrons. The standard InChI is InChI=1S/C14H17BrO3/c1-18-14(17)12(13(16)10-15)9-5-8-11-6-3-2-4-7-11/h2-4,6-7,12H,5,8-10H2,1H3. The van der Waals surface area contributed by atoms with Crippen LogP contribution in [0.1, 0.15) is 18.4 Å². The molecule has 0 saturated carbocycles. The third kappa shape index (κ3) is 4.61. The van der Waals surface area contributed by atoms with Gasteiger partial charge in [0.05, 0.1) is 12.4 Å². The van der Waals surface area contributed by atoms with Crippen molar-refractivity contribution in [1.82, 2.24) is 0 Å². The van der Waals surface area contributed by atoms with Crippen molar-refractivity contribution in [2.45, 2.75) is 19.3 Å². The largest absolute Gasteiger partial charge is 0.468 e. The topological polar surface area (TPSA) is 43.4 Å². The van der Waals surface area contributed by atoms with Crippen LogP contribution < -0.4 is 0 Å². The Kier molecular flexibility index (Phi) is 6.65. The monoisotopic (exact) mass is 312 g/mol. The first-order valence-electron chi connectivity index (χ1n) is 5.89. The van der Waals surface area contributed by atoms with E-state index in [0.717, 1.165) is 12.8 Å². The SMILES string of the molecule is COC(=O)C(CCCc1ccccc1)C(=O)CBr. The fourth-order valence-corrected chi connectivity index (χ4v) is 2.19. The molecule has 3 nitrogen and oxygen atoms in total. The Hall–Kier alpha value is -1.16. The van der Waals surface area contributed by atoms with Gasteiger partial charge in [-0.25, -0.2) is 0 Å². The average Bonchev–Trinajstić information content (AvgIpc) is 2.43. The van der Waals surface area contributed by atoms with Crippen molar-refractivity contribution >= 4 is 27.7 Å². The van der Waals surface area contributed by atoms with Crippen molar-refractivity contribution in [2.24, 2.45) is 5.92 Å². The van der Waals surface area contributed by atoms with E-state index in [1.54, 1.807) is 0 Å². The molecular formula is C14H17BrO3. The molecule has 0 aliphatic heterocycles. The lowest BCUT2D eigenvalue weighted by Gasteiger charge is -2.12. The zero-order chi connectivity index (χ0) is 13.4. The van der Waals surface area contributed by atoms with Gasteiger partial charge in [-0.15, -0.1) is 0 Å². The molecule has 0 saturated heterocycles. The molecule has 0 aliphatic rings. The highest BCUT2D eigenvalue weighted by molar-refractivity contribution is 9.09. The van der Waals surface area contributed by atoms with Crippen molar-refractivity contribution in [3.05, 3.63) is 35.9 Å². The predicted molar refractivity (Wildman–Crippen MR) is 73.7 cm³/mol. The first-order valence-corrected chi connectivity index (χ1v) is 7.01. The molecule has 0 aliphatic carbocycles. The van der Waals surface area contributed by atoms with E-state index < -0.39 is 11.9 Å². The fourth-order valence-electron chi connectivity index (χ4n) is 1.80. The number of halogens is 1. The number of ether oxygens (including phenoxy) is 1. The summed E-state index contributed by atoms with van der Waals surface area (Å²) >= 11 is 3.09. The van der Waals surface area contributed by atoms with Gasteiger partial charge in [-0.3, -0.25) is 9.59 Å². The summed E-state index contributed by atoms with van der Waals surface area (Å²) in [5.41, 5.74) is 1.22. The second-order valence-electron chi connectivity index (χ2n) is 4.05. The molecule has 0 fully saturated rings. The van der Waals surface area contributed by atoms with E-state index in [0.29, 0.717) is 6.42 Å². The van der Waals surface area contributed by atoms with E-state index in [9.17, 15) is 9.59 Å². The quantitative estimate of drug-likeness (QED) is 0.442. The first-order chi connectivity index (χ1) is 8.69. The minimum Gasteiger partial charge on any atom is -0.468 e. The maximum absolute atomic E-state index is 11.6. The van der Waals surface area contributed by atoms with E-state index in [2.05, 4.69) is 20.7 Å². The fraction of sp³-hybridized carbons (Fsp3) is 0.429. The molecule has 1 aromatic rings. The summed E-state index contributed by atoms with van der Waals surface area (Å²) in [4.78, 5) is 23.1. The van der Waals surface area contributed by atoms with Gasteiger partial charge in [0.15, 0.2) is 5.78 Å². The number of hydrogen-bond donors (Lipinski definition) is 0. The molecule has 0 aromatic heterocycles. The number of carbonyl (C=O) groups excluding carboxylic acids is 2. The zero-order valence-corrected chi connectivity index (χ0v) is 12.0. The molecule has 1 rings (SSSR count). The number of alkyl halides is 1. The van der Waals surface area contributed by atoms with Gasteiger partial charge < -0.3 is 4.74 Å². The van der Waals surface area contributed by atoms with Gasteiger partial charge in [0.2, 0.25) is 0 Å². The minimum atomic E-state index is -0.641. The molecular weight excluding hydrogens is 296 g/mol. The Morgan fingerprint density at radius 2 is 1.94 bits per heavy atom. The number of methoxy groups -OCH3 is 1. The summed E-state index contributed by atoms with van der Waals surface area (Å²) in [7, 11) is 1.31. The van der Waals surface area contributed by atoms with Crippen LogP contribution in [0.15, 0.2) is 30.3 Å². The van der Waals surface area contributed by atoms with Crippen LogP contribution >= 0.6 is 15.9 Å². The summed E-state index contributed by atoms with van der Waals surface area (Å²) in [5.74, 6) is -1.19. The Morgan fingerprint density at radius 3 is 2.50 bits per heavy atom. The van der Waals surface area contributed by atoms with Crippen LogP contribution in [-0.2, 0) is 20.7 Å². The van der Waals surface area contributed by atoms with Gasteiger partial charge in [0.1, 0.15) is 5.92 Å². The Labute approximate surface area is 116 Å². The van der Waals surface area contributed by atoms with Crippen LogP contribution in [0.2, 0.25) is 0 Å². The number of rotatable bonds is 7. The van der Waals surface area contributed by atoms with Crippen molar-refractivity contribution in [3.8, 4) is 0 Å². The maximum atomic E-state index is 11.6. The lowest BCUT2D eigenvalue weighted by molar-refractivity contribution is -0.149. The number of Topliss-reactive ketones (excluding diaryl/α,β-unsaturated/α-hetero) is 1. The molecule has 0 N–H and O–H groups in total. The van der Waals surface area contributed by atoms with Crippen molar-refractivity contribution < 1.29 is 14.3 Å². The highest BCUT2D eigenvalue weighted by Gasteiger charge is 2.25. The summed E-state index contributed by atoms with van der Waals surface area (Å²) in [5, 5.41) is 0.193. The second kappa shape index (κ2) is 8.03. The third-order valence-corrected chi connectivity index (χ3v) is 3.36. The highest BCUT2D eigenvalue weighted by atomic mass is 79.9. The van der Waals surface area contributed by atoms with Crippen molar-refractivity contribution in [2.75, 3.05) is 12.4 Å². The summed E-state index contributed by atoms with van der Waals surface area (Å²) in [6.45, 7) is 0. The molecule has 0 spiro atoms. The molecule has 0 heterocycles. The molecule has 1 unspecified atom stereocenters. The highest BCUT2D eigenvalue weighted by Crippen LogP contribution is 2.14. The van der Waals surface area contributed by atoms with Gasteiger partial charge in [-0.2, -0.15) is 0 Å². The van der Waals surface area contributed by atoms with E-state index >= 15 is 0 Å².